The van der Waals surface area contributed by atoms with Gasteiger partial charge in [0.2, 0.25) is 0 Å². The first-order chi connectivity index (χ1) is 9.79. The SMILES string of the molecule is COc1ccc(CCNCCCn2ccnc2)cc1N. The largest absolute Gasteiger partial charge is 0.495 e. The van der Waals surface area contributed by atoms with Crippen LogP contribution in [0.25, 0.3) is 0 Å². The van der Waals surface area contributed by atoms with Crippen LogP contribution in [-0.4, -0.2) is 29.8 Å². The summed E-state index contributed by atoms with van der Waals surface area (Å²) in [7, 11) is 1.63. The van der Waals surface area contributed by atoms with Crippen molar-refractivity contribution >= 4 is 5.69 Å². The molecular weight excluding hydrogens is 252 g/mol. The Labute approximate surface area is 119 Å². The van der Waals surface area contributed by atoms with Crippen LogP contribution in [0.2, 0.25) is 0 Å². The van der Waals surface area contributed by atoms with Crippen LogP contribution in [0.5, 0.6) is 5.75 Å². The maximum atomic E-state index is 5.88. The molecule has 1 heterocycles. The molecule has 0 atom stereocenters. The molecule has 0 saturated carbocycles. The Morgan fingerprint density at radius 3 is 2.95 bits per heavy atom. The van der Waals surface area contributed by atoms with Crippen LogP contribution in [0.15, 0.2) is 36.9 Å². The van der Waals surface area contributed by atoms with Crippen molar-refractivity contribution in [2.45, 2.75) is 19.4 Å². The second kappa shape index (κ2) is 7.55. The number of nitrogens with zero attached hydrogens (tertiary/aromatic N) is 2. The van der Waals surface area contributed by atoms with E-state index in [1.807, 2.05) is 30.9 Å². The molecule has 0 unspecified atom stereocenters. The molecular formula is C15H22N4O. The summed E-state index contributed by atoms with van der Waals surface area (Å²) in [6, 6.07) is 5.96. The first kappa shape index (κ1) is 14.4. The van der Waals surface area contributed by atoms with Crippen molar-refractivity contribution in [1.29, 1.82) is 0 Å². The van der Waals surface area contributed by atoms with Gasteiger partial charge >= 0.3 is 0 Å². The number of imidazole rings is 1. The average molecular weight is 274 g/mol. The summed E-state index contributed by atoms with van der Waals surface area (Å²) in [5.41, 5.74) is 7.81. The van der Waals surface area contributed by atoms with E-state index in [0.717, 1.165) is 38.2 Å². The molecule has 0 amide bonds. The zero-order valence-corrected chi connectivity index (χ0v) is 11.9. The molecule has 0 aliphatic carbocycles. The maximum absolute atomic E-state index is 5.88. The third-order valence-electron chi connectivity index (χ3n) is 3.21. The number of nitrogens with one attached hydrogen (secondary N) is 1. The first-order valence-corrected chi connectivity index (χ1v) is 6.88. The van der Waals surface area contributed by atoms with E-state index >= 15 is 0 Å². The molecule has 0 fully saturated rings. The topological polar surface area (TPSA) is 65.1 Å². The second-order valence-electron chi connectivity index (χ2n) is 4.73. The lowest BCUT2D eigenvalue weighted by atomic mass is 10.1. The van der Waals surface area contributed by atoms with Gasteiger partial charge in [0.25, 0.3) is 0 Å². The molecule has 0 bridgehead atoms. The number of nitrogens with two attached hydrogens (primary N) is 1. The number of aryl methyl sites for hydroxylation is 1. The minimum absolute atomic E-state index is 0.699. The molecule has 2 aromatic rings. The highest BCUT2D eigenvalue weighted by Gasteiger charge is 2.00. The predicted molar refractivity (Wildman–Crippen MR) is 80.8 cm³/mol. The Bertz CT molecular complexity index is 511. The number of benzene rings is 1. The van der Waals surface area contributed by atoms with Crippen LogP contribution >= 0.6 is 0 Å². The molecule has 0 spiro atoms. The Kier molecular flexibility index (Phi) is 5.43. The van der Waals surface area contributed by atoms with E-state index in [9.17, 15) is 0 Å². The first-order valence-electron chi connectivity index (χ1n) is 6.88. The monoisotopic (exact) mass is 274 g/mol. The van der Waals surface area contributed by atoms with Gasteiger partial charge in [-0.15, -0.1) is 0 Å². The van der Waals surface area contributed by atoms with Gasteiger partial charge in [-0.05, 0) is 43.6 Å². The molecule has 5 nitrogen and oxygen atoms in total. The lowest BCUT2D eigenvalue weighted by Gasteiger charge is -2.08. The van der Waals surface area contributed by atoms with E-state index in [4.69, 9.17) is 10.5 Å². The van der Waals surface area contributed by atoms with Gasteiger partial charge in [0.05, 0.1) is 19.1 Å². The summed E-state index contributed by atoms with van der Waals surface area (Å²) in [6.45, 7) is 2.96. The zero-order valence-electron chi connectivity index (χ0n) is 11.9. The number of methoxy groups -OCH3 is 1. The summed E-state index contributed by atoms with van der Waals surface area (Å²) in [6.07, 6.45) is 7.71. The molecule has 3 N–H and O–H groups in total. The van der Waals surface area contributed by atoms with Gasteiger partial charge in [0.15, 0.2) is 0 Å². The van der Waals surface area contributed by atoms with Crippen molar-refractivity contribution in [3.63, 3.8) is 0 Å². The van der Waals surface area contributed by atoms with Gasteiger partial charge in [0.1, 0.15) is 5.75 Å². The Balaban J connectivity index is 1.62. The lowest BCUT2D eigenvalue weighted by Crippen LogP contribution is -2.19. The molecule has 0 aliphatic rings. The van der Waals surface area contributed by atoms with Crippen LogP contribution in [0, 0.1) is 0 Å². The maximum Gasteiger partial charge on any atom is 0.141 e. The highest BCUT2D eigenvalue weighted by Crippen LogP contribution is 2.21. The van der Waals surface area contributed by atoms with Crippen LogP contribution < -0.4 is 15.8 Å². The molecule has 5 heteroatoms. The molecule has 0 radical (unpaired) electrons. The lowest BCUT2D eigenvalue weighted by molar-refractivity contribution is 0.417. The average Bonchev–Trinajstić information content (AvgIpc) is 2.96. The van der Waals surface area contributed by atoms with Crippen LogP contribution in [-0.2, 0) is 13.0 Å². The van der Waals surface area contributed by atoms with Gasteiger partial charge in [-0.1, -0.05) is 6.07 Å². The highest BCUT2D eigenvalue weighted by atomic mass is 16.5. The van der Waals surface area contributed by atoms with E-state index < -0.39 is 0 Å². The standard InChI is InChI=1S/C15H22N4O/c1-20-15-4-3-13(11-14(15)16)5-7-17-6-2-9-19-10-8-18-12-19/h3-4,8,10-12,17H,2,5-7,9,16H2,1H3. The van der Waals surface area contributed by atoms with Crippen molar-refractivity contribution in [1.82, 2.24) is 14.9 Å². The molecule has 2 rings (SSSR count). The fourth-order valence-corrected chi connectivity index (χ4v) is 2.10. The van der Waals surface area contributed by atoms with Crippen molar-refractivity contribution in [2.24, 2.45) is 0 Å². The quantitative estimate of drug-likeness (QED) is 0.568. The number of anilines is 1. The molecule has 20 heavy (non-hydrogen) atoms. The number of aromatic nitrogens is 2. The summed E-state index contributed by atoms with van der Waals surface area (Å²) in [5, 5.41) is 3.44. The third kappa shape index (κ3) is 4.28. The van der Waals surface area contributed by atoms with Crippen LogP contribution in [0.4, 0.5) is 5.69 Å². The summed E-state index contributed by atoms with van der Waals surface area (Å²) >= 11 is 0. The van der Waals surface area contributed by atoms with Gasteiger partial charge in [-0.2, -0.15) is 0 Å². The van der Waals surface area contributed by atoms with Gasteiger partial charge in [-0.3, -0.25) is 0 Å². The highest BCUT2D eigenvalue weighted by molar-refractivity contribution is 5.54. The second-order valence-corrected chi connectivity index (χ2v) is 4.73. The number of nitrogen functional groups attached to an aromatic ring is 1. The van der Waals surface area contributed by atoms with Crippen LogP contribution in [0.3, 0.4) is 0 Å². The Hall–Kier alpha value is -2.01. The molecule has 1 aromatic carbocycles. The number of hydrogen-bond acceptors (Lipinski definition) is 4. The summed E-state index contributed by atoms with van der Waals surface area (Å²) in [4.78, 5) is 4.02. The van der Waals surface area contributed by atoms with Crippen molar-refractivity contribution < 1.29 is 4.74 Å². The Morgan fingerprint density at radius 1 is 1.35 bits per heavy atom. The minimum Gasteiger partial charge on any atom is -0.495 e. The summed E-state index contributed by atoms with van der Waals surface area (Å²) in [5.74, 6) is 0.738. The van der Waals surface area contributed by atoms with Crippen LogP contribution in [0.1, 0.15) is 12.0 Å². The number of rotatable bonds is 8. The third-order valence-corrected chi connectivity index (χ3v) is 3.21. The van der Waals surface area contributed by atoms with Gasteiger partial charge in [0, 0.05) is 18.9 Å². The van der Waals surface area contributed by atoms with E-state index in [0.29, 0.717) is 5.69 Å². The van der Waals surface area contributed by atoms with Gasteiger partial charge < -0.3 is 20.4 Å². The van der Waals surface area contributed by atoms with E-state index in [2.05, 4.69) is 20.9 Å². The normalized spacial score (nSPS) is 10.7. The van der Waals surface area contributed by atoms with Gasteiger partial charge in [-0.25, -0.2) is 4.98 Å². The number of ether oxygens (including phenoxy) is 1. The molecule has 0 aliphatic heterocycles. The van der Waals surface area contributed by atoms with Crippen molar-refractivity contribution in [3.8, 4) is 5.75 Å². The smallest absolute Gasteiger partial charge is 0.141 e. The number of hydrogen-bond donors (Lipinski definition) is 2. The summed E-state index contributed by atoms with van der Waals surface area (Å²) < 4.78 is 7.23. The fraction of sp³-hybridized carbons (Fsp3) is 0.400. The fourth-order valence-electron chi connectivity index (χ4n) is 2.10. The Morgan fingerprint density at radius 2 is 2.25 bits per heavy atom. The van der Waals surface area contributed by atoms with Crippen molar-refractivity contribution in [3.05, 3.63) is 42.5 Å². The molecule has 108 valence electrons. The van der Waals surface area contributed by atoms with Crippen molar-refractivity contribution in [2.75, 3.05) is 25.9 Å². The molecule has 1 aromatic heterocycles. The van der Waals surface area contributed by atoms with E-state index in [1.54, 1.807) is 7.11 Å². The molecule has 0 saturated heterocycles. The minimum atomic E-state index is 0.699. The zero-order chi connectivity index (χ0) is 14.2. The predicted octanol–water partition coefficient (Wildman–Crippen LogP) is 1.70. The van der Waals surface area contributed by atoms with E-state index in [-0.39, 0.29) is 0 Å². The van der Waals surface area contributed by atoms with E-state index in [1.165, 1.54) is 5.56 Å².